The van der Waals surface area contributed by atoms with Gasteiger partial charge in [0.15, 0.2) is 0 Å². The summed E-state index contributed by atoms with van der Waals surface area (Å²) in [5.74, 6) is 0.167. The molecule has 8 heavy (non-hydrogen) atoms. The Bertz CT molecular complexity index is 69.3. The standard InChI is InChI=1S/C2H6N2.CH4N2O/c1-2(3)4;2-1(3)4/h1,3-4H2;(H4,2,3,4). The van der Waals surface area contributed by atoms with Crippen molar-refractivity contribution in [2.75, 3.05) is 0 Å². The zero-order valence-electron chi connectivity index (χ0n) is 4.42. The predicted octanol–water partition coefficient (Wildman–Crippen LogP) is -1.60. The van der Waals surface area contributed by atoms with E-state index < -0.39 is 6.03 Å². The van der Waals surface area contributed by atoms with Crippen LogP contribution in [0.5, 0.6) is 0 Å². The summed E-state index contributed by atoms with van der Waals surface area (Å²) in [7, 11) is 0. The van der Waals surface area contributed by atoms with Crippen LogP contribution in [0.2, 0.25) is 0 Å². The van der Waals surface area contributed by atoms with E-state index >= 15 is 0 Å². The van der Waals surface area contributed by atoms with Gasteiger partial charge in [-0.25, -0.2) is 4.79 Å². The summed E-state index contributed by atoms with van der Waals surface area (Å²) in [5, 5.41) is 0. The van der Waals surface area contributed by atoms with Crippen molar-refractivity contribution in [3.05, 3.63) is 12.4 Å². The van der Waals surface area contributed by atoms with Gasteiger partial charge in [-0.2, -0.15) is 0 Å². The summed E-state index contributed by atoms with van der Waals surface area (Å²) in [4.78, 5) is 9.00. The Balaban J connectivity index is 0. The molecule has 48 valence electrons. The Morgan fingerprint density at radius 3 is 1.12 bits per heavy atom. The molecule has 0 radical (unpaired) electrons. The van der Waals surface area contributed by atoms with Gasteiger partial charge in [0.25, 0.3) is 0 Å². The summed E-state index contributed by atoms with van der Waals surface area (Å²) < 4.78 is 0. The maximum Gasteiger partial charge on any atom is 0.309 e. The highest BCUT2D eigenvalue weighted by Crippen LogP contribution is 1.39. The summed E-state index contributed by atoms with van der Waals surface area (Å²) in [5.41, 5.74) is 17.9. The minimum absolute atomic E-state index is 0.167. The van der Waals surface area contributed by atoms with Crippen LogP contribution >= 0.6 is 0 Å². The second-order valence-corrected chi connectivity index (χ2v) is 0.977. The zero-order valence-corrected chi connectivity index (χ0v) is 4.42. The van der Waals surface area contributed by atoms with Crippen LogP contribution in [0.15, 0.2) is 12.4 Å². The topological polar surface area (TPSA) is 121 Å². The van der Waals surface area contributed by atoms with Crippen molar-refractivity contribution in [3.63, 3.8) is 0 Å². The number of hydrogen-bond acceptors (Lipinski definition) is 3. The molecule has 0 spiro atoms. The molecular formula is C3H10N4O. The first-order valence-electron chi connectivity index (χ1n) is 1.71. The van der Waals surface area contributed by atoms with E-state index in [1.54, 1.807) is 0 Å². The number of carbonyl (C=O) groups is 1. The Kier molecular flexibility index (Phi) is 6.86. The van der Waals surface area contributed by atoms with Crippen LogP contribution in [-0.2, 0) is 0 Å². The Hall–Kier alpha value is -1.39. The molecule has 0 saturated heterocycles. The SMILES string of the molecule is C=C(N)N.NC(N)=O. The summed E-state index contributed by atoms with van der Waals surface area (Å²) in [6, 6.07) is -0.833. The van der Waals surface area contributed by atoms with E-state index in [0.717, 1.165) is 0 Å². The van der Waals surface area contributed by atoms with Crippen LogP contribution in [0.25, 0.3) is 0 Å². The first-order chi connectivity index (χ1) is 3.46. The van der Waals surface area contributed by atoms with E-state index in [0.29, 0.717) is 0 Å². The minimum atomic E-state index is -0.833. The molecule has 0 rings (SSSR count). The smallest absolute Gasteiger partial charge is 0.309 e. The molecule has 0 aromatic carbocycles. The van der Waals surface area contributed by atoms with Crippen LogP contribution in [-0.4, -0.2) is 6.03 Å². The molecule has 0 saturated carbocycles. The predicted molar refractivity (Wildman–Crippen MR) is 31.3 cm³/mol. The van der Waals surface area contributed by atoms with Gasteiger partial charge < -0.3 is 22.9 Å². The lowest BCUT2D eigenvalue weighted by Gasteiger charge is -1.72. The van der Waals surface area contributed by atoms with Crippen LogP contribution in [0.1, 0.15) is 0 Å². The first kappa shape index (κ1) is 9.79. The minimum Gasteiger partial charge on any atom is -0.386 e. The molecule has 2 amide bonds. The van der Waals surface area contributed by atoms with Crippen LogP contribution in [0.3, 0.4) is 0 Å². The van der Waals surface area contributed by atoms with E-state index in [4.69, 9.17) is 16.3 Å². The second kappa shape index (κ2) is 5.61. The highest BCUT2D eigenvalue weighted by molar-refractivity contribution is 5.69. The molecule has 0 heterocycles. The van der Waals surface area contributed by atoms with Gasteiger partial charge in [-0.05, 0) is 0 Å². The molecule has 0 aliphatic heterocycles. The monoisotopic (exact) mass is 118 g/mol. The number of primary amides is 2. The molecule has 8 N–H and O–H groups in total. The summed E-state index contributed by atoms with van der Waals surface area (Å²) in [6.07, 6.45) is 0. The average molecular weight is 118 g/mol. The number of rotatable bonds is 0. The van der Waals surface area contributed by atoms with Gasteiger partial charge in [-0.3, -0.25) is 0 Å². The van der Waals surface area contributed by atoms with Gasteiger partial charge in [0.1, 0.15) is 0 Å². The van der Waals surface area contributed by atoms with E-state index in [9.17, 15) is 0 Å². The van der Waals surface area contributed by atoms with Crippen molar-refractivity contribution in [2.24, 2.45) is 22.9 Å². The van der Waals surface area contributed by atoms with Crippen molar-refractivity contribution >= 4 is 6.03 Å². The van der Waals surface area contributed by atoms with E-state index in [1.165, 1.54) is 0 Å². The van der Waals surface area contributed by atoms with Crippen molar-refractivity contribution in [1.29, 1.82) is 0 Å². The molecule has 0 aromatic heterocycles. The first-order valence-corrected chi connectivity index (χ1v) is 1.71. The molecular weight excluding hydrogens is 108 g/mol. The number of carbonyl (C=O) groups excluding carboxylic acids is 1. The third kappa shape index (κ3) is 31.1. The largest absolute Gasteiger partial charge is 0.386 e. The van der Waals surface area contributed by atoms with Crippen LogP contribution in [0.4, 0.5) is 4.79 Å². The Labute approximate surface area is 47.3 Å². The number of nitrogens with two attached hydrogens (primary N) is 4. The maximum absolute atomic E-state index is 9.00. The van der Waals surface area contributed by atoms with Gasteiger partial charge in [0.05, 0.1) is 5.82 Å². The molecule has 5 nitrogen and oxygen atoms in total. The third-order valence-corrected chi connectivity index (χ3v) is 0. The van der Waals surface area contributed by atoms with Crippen molar-refractivity contribution in [1.82, 2.24) is 0 Å². The summed E-state index contributed by atoms with van der Waals surface area (Å²) in [6.45, 7) is 3.11. The molecule has 0 unspecified atom stereocenters. The molecule has 0 fully saturated rings. The Morgan fingerprint density at radius 1 is 1.12 bits per heavy atom. The molecule has 0 bridgehead atoms. The lowest BCUT2D eigenvalue weighted by molar-refractivity contribution is 0.256. The highest BCUT2D eigenvalue weighted by Gasteiger charge is 1.60. The lowest BCUT2D eigenvalue weighted by Crippen LogP contribution is -2.18. The quantitative estimate of drug-likeness (QED) is 0.306. The third-order valence-electron chi connectivity index (χ3n) is 0. The molecule has 5 heteroatoms. The molecule has 0 aliphatic carbocycles. The van der Waals surface area contributed by atoms with Crippen LogP contribution in [0, 0.1) is 0 Å². The van der Waals surface area contributed by atoms with Crippen molar-refractivity contribution in [3.8, 4) is 0 Å². The zero-order chi connectivity index (χ0) is 7.15. The fraction of sp³-hybridized carbons (Fsp3) is 0. The number of urea groups is 1. The van der Waals surface area contributed by atoms with E-state index in [-0.39, 0.29) is 5.82 Å². The van der Waals surface area contributed by atoms with Gasteiger partial charge in [-0.1, -0.05) is 6.58 Å². The number of hydrogen-bond donors (Lipinski definition) is 4. The highest BCUT2D eigenvalue weighted by atomic mass is 16.2. The lowest BCUT2D eigenvalue weighted by atomic mass is 10.9. The maximum atomic E-state index is 9.00. The van der Waals surface area contributed by atoms with Gasteiger partial charge in [0, 0.05) is 0 Å². The fourth-order valence-electron chi connectivity index (χ4n) is 0. The van der Waals surface area contributed by atoms with Crippen LogP contribution < -0.4 is 22.9 Å². The average Bonchev–Trinajstić information content (AvgIpc) is 1.25. The number of amides is 2. The van der Waals surface area contributed by atoms with Gasteiger partial charge in [-0.15, -0.1) is 0 Å². The molecule has 0 atom stereocenters. The van der Waals surface area contributed by atoms with Crippen molar-refractivity contribution in [2.45, 2.75) is 0 Å². The fourth-order valence-corrected chi connectivity index (χ4v) is 0. The van der Waals surface area contributed by atoms with Gasteiger partial charge >= 0.3 is 6.03 Å². The second-order valence-electron chi connectivity index (χ2n) is 0.977. The van der Waals surface area contributed by atoms with Gasteiger partial charge in [0.2, 0.25) is 0 Å². The Morgan fingerprint density at radius 2 is 1.12 bits per heavy atom. The molecule has 0 aliphatic rings. The molecule has 0 aromatic rings. The normalized spacial score (nSPS) is 6.00. The van der Waals surface area contributed by atoms with Crippen molar-refractivity contribution < 1.29 is 4.79 Å². The van der Waals surface area contributed by atoms with E-state index in [1.807, 2.05) is 0 Å². The summed E-state index contributed by atoms with van der Waals surface area (Å²) >= 11 is 0. The van der Waals surface area contributed by atoms with E-state index in [2.05, 4.69) is 18.0 Å².